The first-order chi connectivity index (χ1) is 15.3. The van der Waals surface area contributed by atoms with Crippen LogP contribution in [-0.2, 0) is 16.6 Å². The predicted molar refractivity (Wildman–Crippen MR) is 127 cm³/mol. The third-order valence-corrected chi connectivity index (χ3v) is 6.38. The summed E-state index contributed by atoms with van der Waals surface area (Å²) in [6.45, 7) is 0.321. The van der Waals surface area contributed by atoms with Gasteiger partial charge in [0.15, 0.2) is 11.5 Å². The Hall–Kier alpha value is -2.75. The minimum absolute atomic E-state index is 0.0696. The summed E-state index contributed by atoms with van der Waals surface area (Å²) in [5, 5.41) is 4.51. The summed E-state index contributed by atoms with van der Waals surface area (Å²) in [6, 6.07) is 16.7. The highest BCUT2D eigenvalue weighted by Crippen LogP contribution is 2.37. The molecule has 32 heavy (non-hydrogen) atoms. The van der Waals surface area contributed by atoms with E-state index in [-0.39, 0.29) is 4.90 Å². The largest absolute Gasteiger partial charge is 0.497 e. The minimum atomic E-state index is -3.81. The number of rotatable bonds is 9. The van der Waals surface area contributed by atoms with Crippen LogP contribution in [0.5, 0.6) is 17.2 Å². The zero-order valence-electron chi connectivity index (χ0n) is 17.2. The SMILES string of the molecule is COc1ccc(S(=O)(=O)N/N=C\c2cc(Br)c(OCc3ccc(Cl)cc3)c(OC)c2)cc1. The molecule has 3 rings (SSSR count). The molecule has 0 saturated carbocycles. The van der Waals surface area contributed by atoms with E-state index in [0.29, 0.717) is 38.9 Å². The third-order valence-electron chi connectivity index (χ3n) is 4.30. The van der Waals surface area contributed by atoms with Crippen molar-refractivity contribution in [2.24, 2.45) is 5.10 Å². The highest BCUT2D eigenvalue weighted by molar-refractivity contribution is 9.10. The molecule has 1 N–H and O–H groups in total. The predicted octanol–water partition coefficient (Wildman–Crippen LogP) is 5.01. The normalized spacial score (nSPS) is 11.4. The Kier molecular flexibility index (Phi) is 8.00. The van der Waals surface area contributed by atoms with Crippen molar-refractivity contribution in [1.29, 1.82) is 0 Å². The summed E-state index contributed by atoms with van der Waals surface area (Å²) in [5.74, 6) is 1.54. The first kappa shape index (κ1) is 23.9. The molecular weight excluding hydrogens is 520 g/mol. The minimum Gasteiger partial charge on any atom is -0.497 e. The maximum Gasteiger partial charge on any atom is 0.276 e. The van der Waals surface area contributed by atoms with Crippen molar-refractivity contribution in [1.82, 2.24) is 4.83 Å². The van der Waals surface area contributed by atoms with Crippen LogP contribution in [-0.4, -0.2) is 28.9 Å². The lowest BCUT2D eigenvalue weighted by Gasteiger charge is -2.13. The van der Waals surface area contributed by atoms with Crippen molar-refractivity contribution in [3.05, 3.63) is 81.3 Å². The Morgan fingerprint density at radius 2 is 1.72 bits per heavy atom. The highest BCUT2D eigenvalue weighted by atomic mass is 79.9. The van der Waals surface area contributed by atoms with Gasteiger partial charge in [-0.15, -0.1) is 0 Å². The monoisotopic (exact) mass is 538 g/mol. The standard InChI is InChI=1S/C22H20BrClN2O5S/c1-29-18-7-9-19(10-8-18)32(27,28)26-25-13-16-11-20(23)22(21(12-16)30-2)31-14-15-3-5-17(24)6-4-15/h3-13,26H,14H2,1-2H3/b25-13-. The van der Waals surface area contributed by atoms with Crippen molar-refractivity contribution in [2.75, 3.05) is 14.2 Å². The Morgan fingerprint density at radius 3 is 2.34 bits per heavy atom. The number of ether oxygens (including phenoxy) is 3. The first-order valence-electron chi connectivity index (χ1n) is 9.26. The van der Waals surface area contributed by atoms with E-state index < -0.39 is 10.0 Å². The number of sulfonamides is 1. The first-order valence-corrected chi connectivity index (χ1v) is 11.9. The lowest BCUT2D eigenvalue weighted by Crippen LogP contribution is -2.18. The average molecular weight is 540 g/mol. The van der Waals surface area contributed by atoms with Gasteiger partial charge in [-0.05, 0) is 75.6 Å². The summed E-state index contributed by atoms with van der Waals surface area (Å²) in [5.41, 5.74) is 1.55. The van der Waals surface area contributed by atoms with Crippen LogP contribution < -0.4 is 19.0 Å². The van der Waals surface area contributed by atoms with E-state index in [9.17, 15) is 8.42 Å². The Balaban J connectivity index is 1.71. The fourth-order valence-corrected chi connectivity index (χ4v) is 4.16. The van der Waals surface area contributed by atoms with Gasteiger partial charge in [-0.1, -0.05) is 23.7 Å². The molecule has 0 unspecified atom stereocenters. The number of benzene rings is 3. The van der Waals surface area contributed by atoms with E-state index in [1.807, 2.05) is 12.1 Å². The molecule has 3 aromatic carbocycles. The molecule has 0 bridgehead atoms. The van der Waals surface area contributed by atoms with Crippen LogP contribution in [0.25, 0.3) is 0 Å². The number of halogens is 2. The van der Waals surface area contributed by atoms with Gasteiger partial charge in [0.2, 0.25) is 0 Å². The van der Waals surface area contributed by atoms with Crippen LogP contribution in [0.3, 0.4) is 0 Å². The number of nitrogens with one attached hydrogen (secondary N) is 1. The van der Waals surface area contributed by atoms with Gasteiger partial charge in [-0.2, -0.15) is 13.5 Å². The topological polar surface area (TPSA) is 86.2 Å². The fourth-order valence-electron chi connectivity index (χ4n) is 2.67. The van der Waals surface area contributed by atoms with Crippen LogP contribution in [0.2, 0.25) is 5.02 Å². The molecule has 0 aromatic heterocycles. The molecule has 0 atom stereocenters. The second kappa shape index (κ2) is 10.7. The molecule has 0 aliphatic heterocycles. The molecule has 7 nitrogen and oxygen atoms in total. The number of nitrogens with zero attached hydrogens (tertiary/aromatic N) is 1. The molecule has 0 spiro atoms. The molecule has 0 aliphatic carbocycles. The molecule has 0 amide bonds. The molecule has 0 saturated heterocycles. The van der Waals surface area contributed by atoms with Crippen molar-refractivity contribution in [3.63, 3.8) is 0 Å². The van der Waals surface area contributed by atoms with Crippen LogP contribution in [0.4, 0.5) is 0 Å². The summed E-state index contributed by atoms with van der Waals surface area (Å²) in [4.78, 5) is 2.26. The van der Waals surface area contributed by atoms with Gasteiger partial charge in [0.25, 0.3) is 10.0 Å². The fraction of sp³-hybridized carbons (Fsp3) is 0.136. The van der Waals surface area contributed by atoms with Crippen molar-refractivity contribution >= 4 is 43.8 Å². The van der Waals surface area contributed by atoms with Gasteiger partial charge in [0.05, 0.1) is 29.8 Å². The lowest BCUT2D eigenvalue weighted by molar-refractivity contribution is 0.282. The van der Waals surface area contributed by atoms with Crippen molar-refractivity contribution in [3.8, 4) is 17.2 Å². The van der Waals surface area contributed by atoms with Crippen molar-refractivity contribution in [2.45, 2.75) is 11.5 Å². The van der Waals surface area contributed by atoms with E-state index in [1.165, 1.54) is 32.6 Å². The molecule has 0 radical (unpaired) electrons. The van der Waals surface area contributed by atoms with E-state index in [2.05, 4.69) is 25.9 Å². The van der Waals surface area contributed by atoms with Gasteiger partial charge in [0, 0.05) is 5.02 Å². The second-order valence-corrected chi connectivity index (χ2v) is 9.43. The quantitative estimate of drug-likeness (QED) is 0.305. The maximum absolute atomic E-state index is 12.4. The molecule has 0 heterocycles. The number of hydrazone groups is 1. The van der Waals surface area contributed by atoms with Crippen molar-refractivity contribution < 1.29 is 22.6 Å². The van der Waals surface area contributed by atoms with Crippen LogP contribution >= 0.6 is 27.5 Å². The Labute approximate surface area is 200 Å². The van der Waals surface area contributed by atoms with Crippen LogP contribution in [0, 0.1) is 0 Å². The van der Waals surface area contributed by atoms with Gasteiger partial charge in [-0.3, -0.25) is 0 Å². The van der Waals surface area contributed by atoms with E-state index >= 15 is 0 Å². The number of methoxy groups -OCH3 is 2. The highest BCUT2D eigenvalue weighted by Gasteiger charge is 2.14. The van der Waals surface area contributed by atoms with Crippen LogP contribution in [0.1, 0.15) is 11.1 Å². The number of hydrogen-bond acceptors (Lipinski definition) is 6. The zero-order valence-corrected chi connectivity index (χ0v) is 20.4. The van der Waals surface area contributed by atoms with E-state index in [1.54, 1.807) is 36.4 Å². The maximum atomic E-state index is 12.4. The summed E-state index contributed by atoms with van der Waals surface area (Å²) in [7, 11) is -0.788. The Morgan fingerprint density at radius 1 is 1.03 bits per heavy atom. The molecule has 3 aromatic rings. The van der Waals surface area contributed by atoms with E-state index in [4.69, 9.17) is 25.8 Å². The lowest BCUT2D eigenvalue weighted by atomic mass is 10.2. The summed E-state index contributed by atoms with van der Waals surface area (Å²) in [6.07, 6.45) is 1.37. The molecule has 0 aliphatic rings. The van der Waals surface area contributed by atoms with E-state index in [0.717, 1.165) is 5.56 Å². The van der Waals surface area contributed by atoms with Gasteiger partial charge < -0.3 is 14.2 Å². The van der Waals surface area contributed by atoms with Gasteiger partial charge in [0.1, 0.15) is 12.4 Å². The molecule has 10 heteroatoms. The van der Waals surface area contributed by atoms with Gasteiger partial charge >= 0.3 is 0 Å². The summed E-state index contributed by atoms with van der Waals surface area (Å²) < 4.78 is 41.7. The Bertz CT molecular complexity index is 1200. The second-order valence-electron chi connectivity index (χ2n) is 6.48. The smallest absolute Gasteiger partial charge is 0.276 e. The molecular formula is C22H20BrClN2O5S. The van der Waals surface area contributed by atoms with Gasteiger partial charge in [-0.25, -0.2) is 4.83 Å². The zero-order chi connectivity index (χ0) is 23.1. The molecule has 168 valence electrons. The average Bonchev–Trinajstić information content (AvgIpc) is 2.79. The summed E-state index contributed by atoms with van der Waals surface area (Å²) >= 11 is 9.37. The molecule has 0 fully saturated rings. The third kappa shape index (κ3) is 6.15. The number of hydrogen-bond donors (Lipinski definition) is 1. The van der Waals surface area contributed by atoms with Crippen LogP contribution in [0.15, 0.2) is 75.1 Å².